The molecule has 0 unspecified atom stereocenters. The first kappa shape index (κ1) is 7.32. The smallest absolute Gasteiger partial charge is 0.128 e. The number of nitrogens with zero attached hydrogens (tertiary/aromatic N) is 3. The summed E-state index contributed by atoms with van der Waals surface area (Å²) in [7, 11) is 0. The monoisotopic (exact) mass is 185 g/mol. The molecule has 0 radical (unpaired) electrons. The SMILES string of the molecule is On1cc2ccccc2c2nncc1-2. The summed E-state index contributed by atoms with van der Waals surface area (Å²) < 4.78 is 1.05. The molecule has 68 valence electrons. The van der Waals surface area contributed by atoms with Crippen LogP contribution in [0, 0.1) is 0 Å². The number of fused-ring (bicyclic) bond motifs is 3. The zero-order valence-electron chi connectivity index (χ0n) is 7.25. The highest BCUT2D eigenvalue weighted by atomic mass is 16.5. The lowest BCUT2D eigenvalue weighted by molar-refractivity contribution is 0.190. The summed E-state index contributed by atoms with van der Waals surface area (Å²) in [6.07, 6.45) is 3.20. The van der Waals surface area contributed by atoms with Crippen molar-refractivity contribution in [2.24, 2.45) is 0 Å². The molecular formula is C10H7N3O. The van der Waals surface area contributed by atoms with E-state index in [2.05, 4.69) is 10.2 Å². The minimum Gasteiger partial charge on any atom is -0.428 e. The minimum absolute atomic E-state index is 0.628. The van der Waals surface area contributed by atoms with Gasteiger partial charge in [-0.25, -0.2) is 0 Å². The molecule has 1 N–H and O–H groups in total. The lowest BCUT2D eigenvalue weighted by atomic mass is 10.1. The summed E-state index contributed by atoms with van der Waals surface area (Å²) in [5, 5.41) is 19.3. The van der Waals surface area contributed by atoms with Crippen LogP contribution >= 0.6 is 0 Å². The molecule has 0 bridgehead atoms. The Kier molecular flexibility index (Phi) is 1.28. The van der Waals surface area contributed by atoms with Crippen molar-refractivity contribution in [1.29, 1.82) is 0 Å². The van der Waals surface area contributed by atoms with Gasteiger partial charge in [-0.1, -0.05) is 24.3 Å². The Balaban J connectivity index is 2.58. The van der Waals surface area contributed by atoms with Crippen LogP contribution in [0.5, 0.6) is 0 Å². The van der Waals surface area contributed by atoms with Crippen LogP contribution in [0.15, 0.2) is 36.7 Å². The van der Waals surface area contributed by atoms with E-state index in [1.807, 2.05) is 24.3 Å². The number of hydrogen-bond donors (Lipinski definition) is 1. The van der Waals surface area contributed by atoms with Gasteiger partial charge in [0.1, 0.15) is 11.4 Å². The molecule has 2 aliphatic rings. The minimum atomic E-state index is 0.628. The van der Waals surface area contributed by atoms with Gasteiger partial charge in [-0.2, -0.15) is 9.83 Å². The molecule has 0 saturated heterocycles. The second-order valence-corrected chi connectivity index (χ2v) is 3.14. The topological polar surface area (TPSA) is 50.9 Å². The van der Waals surface area contributed by atoms with Crippen LogP contribution in [0.3, 0.4) is 0 Å². The number of aromatic nitrogens is 3. The van der Waals surface area contributed by atoms with E-state index in [1.165, 1.54) is 0 Å². The van der Waals surface area contributed by atoms with Gasteiger partial charge in [-0.05, 0) is 0 Å². The predicted octanol–water partition coefficient (Wildman–Crippen LogP) is 1.77. The molecule has 1 aromatic carbocycles. The Labute approximate surface area is 79.7 Å². The predicted molar refractivity (Wildman–Crippen MR) is 51.3 cm³/mol. The molecule has 1 aromatic rings. The third-order valence-electron chi connectivity index (χ3n) is 2.30. The fourth-order valence-electron chi connectivity index (χ4n) is 1.64. The van der Waals surface area contributed by atoms with E-state index in [4.69, 9.17) is 0 Å². The fraction of sp³-hybridized carbons (Fsp3) is 0. The molecule has 4 nitrogen and oxygen atoms in total. The van der Waals surface area contributed by atoms with E-state index in [9.17, 15) is 5.21 Å². The largest absolute Gasteiger partial charge is 0.428 e. The van der Waals surface area contributed by atoms with Crippen molar-refractivity contribution in [3.63, 3.8) is 0 Å². The number of pyridine rings is 1. The van der Waals surface area contributed by atoms with Crippen molar-refractivity contribution in [2.45, 2.75) is 0 Å². The van der Waals surface area contributed by atoms with Gasteiger partial charge in [-0.15, -0.1) is 5.10 Å². The molecule has 0 amide bonds. The standard InChI is InChI=1S/C10H7N3O/c14-13-6-7-3-1-2-4-8(7)10-9(13)5-11-12-10/h1-6,14H. The average Bonchev–Trinajstić information content (AvgIpc) is 2.67. The highest BCUT2D eigenvalue weighted by molar-refractivity contribution is 5.94. The quantitative estimate of drug-likeness (QED) is 0.543. The molecule has 0 atom stereocenters. The Bertz CT molecular complexity index is 573. The van der Waals surface area contributed by atoms with E-state index >= 15 is 0 Å². The maximum absolute atomic E-state index is 9.59. The second-order valence-electron chi connectivity index (χ2n) is 3.14. The summed E-state index contributed by atoms with van der Waals surface area (Å²) in [4.78, 5) is 0. The molecule has 4 heteroatoms. The molecule has 2 aliphatic heterocycles. The van der Waals surface area contributed by atoms with Crippen LogP contribution in [0.2, 0.25) is 0 Å². The Hall–Kier alpha value is -2.10. The van der Waals surface area contributed by atoms with Gasteiger partial charge in [0.25, 0.3) is 0 Å². The molecule has 0 spiro atoms. The summed E-state index contributed by atoms with van der Waals surface area (Å²) in [5.41, 5.74) is 1.36. The van der Waals surface area contributed by atoms with Gasteiger partial charge < -0.3 is 5.21 Å². The third kappa shape index (κ3) is 0.821. The number of hydrogen-bond acceptors (Lipinski definition) is 3. The lowest BCUT2D eigenvalue weighted by Gasteiger charge is -2.06. The zero-order chi connectivity index (χ0) is 9.54. The van der Waals surface area contributed by atoms with Crippen LogP contribution in [0.25, 0.3) is 22.2 Å². The van der Waals surface area contributed by atoms with Crippen LogP contribution in [0.4, 0.5) is 0 Å². The molecule has 0 fully saturated rings. The summed E-state index contributed by atoms with van der Waals surface area (Å²) in [5.74, 6) is 0. The van der Waals surface area contributed by atoms with E-state index in [0.29, 0.717) is 5.69 Å². The maximum atomic E-state index is 9.59. The van der Waals surface area contributed by atoms with Crippen LogP contribution < -0.4 is 0 Å². The Morgan fingerprint density at radius 1 is 1.21 bits per heavy atom. The highest BCUT2D eigenvalue weighted by Gasteiger charge is 2.13. The van der Waals surface area contributed by atoms with Gasteiger partial charge >= 0.3 is 0 Å². The van der Waals surface area contributed by atoms with Gasteiger partial charge in [-0.3, -0.25) is 0 Å². The molecule has 0 aliphatic carbocycles. The first-order valence-electron chi connectivity index (χ1n) is 4.27. The van der Waals surface area contributed by atoms with Crippen molar-refractivity contribution in [1.82, 2.24) is 14.9 Å². The van der Waals surface area contributed by atoms with E-state index in [0.717, 1.165) is 21.2 Å². The van der Waals surface area contributed by atoms with Crippen molar-refractivity contribution >= 4 is 10.8 Å². The van der Waals surface area contributed by atoms with Crippen LogP contribution in [0.1, 0.15) is 0 Å². The summed E-state index contributed by atoms with van der Waals surface area (Å²) in [6, 6.07) is 7.76. The van der Waals surface area contributed by atoms with Crippen molar-refractivity contribution < 1.29 is 5.21 Å². The van der Waals surface area contributed by atoms with Gasteiger partial charge in [0.2, 0.25) is 0 Å². The van der Waals surface area contributed by atoms with Crippen molar-refractivity contribution in [2.75, 3.05) is 0 Å². The molecule has 0 aromatic heterocycles. The number of benzene rings is 1. The fourth-order valence-corrected chi connectivity index (χ4v) is 1.64. The average molecular weight is 185 g/mol. The third-order valence-corrected chi connectivity index (χ3v) is 2.30. The van der Waals surface area contributed by atoms with Gasteiger partial charge in [0, 0.05) is 10.8 Å². The molecule has 0 saturated carbocycles. The summed E-state index contributed by atoms with van der Waals surface area (Å²) in [6.45, 7) is 0. The van der Waals surface area contributed by atoms with E-state index < -0.39 is 0 Å². The van der Waals surface area contributed by atoms with Crippen LogP contribution in [-0.4, -0.2) is 20.1 Å². The lowest BCUT2D eigenvalue weighted by Crippen LogP contribution is -1.97. The van der Waals surface area contributed by atoms with E-state index in [-0.39, 0.29) is 0 Å². The second kappa shape index (κ2) is 2.45. The molecule has 2 heterocycles. The molecule has 3 rings (SSSR count). The first-order valence-corrected chi connectivity index (χ1v) is 4.27. The molecule has 14 heavy (non-hydrogen) atoms. The van der Waals surface area contributed by atoms with Crippen molar-refractivity contribution in [3.8, 4) is 11.4 Å². The zero-order valence-corrected chi connectivity index (χ0v) is 7.25. The van der Waals surface area contributed by atoms with Gasteiger partial charge in [0.05, 0.1) is 12.4 Å². The highest BCUT2D eigenvalue weighted by Crippen LogP contribution is 2.27. The summed E-state index contributed by atoms with van der Waals surface area (Å²) >= 11 is 0. The first-order chi connectivity index (χ1) is 6.86. The normalized spacial score (nSPS) is 11.1. The van der Waals surface area contributed by atoms with Gasteiger partial charge in [0.15, 0.2) is 0 Å². The van der Waals surface area contributed by atoms with E-state index in [1.54, 1.807) is 12.4 Å². The van der Waals surface area contributed by atoms with Crippen LogP contribution in [-0.2, 0) is 0 Å². The Morgan fingerprint density at radius 3 is 3.00 bits per heavy atom. The van der Waals surface area contributed by atoms with Crippen molar-refractivity contribution in [3.05, 3.63) is 36.7 Å². The number of rotatable bonds is 0. The Morgan fingerprint density at radius 2 is 2.07 bits per heavy atom. The maximum Gasteiger partial charge on any atom is 0.128 e. The molecular weight excluding hydrogens is 178 g/mol.